The van der Waals surface area contributed by atoms with Crippen LogP contribution < -0.4 is 4.74 Å². The molecular weight excluding hydrogens is 425 g/mol. The predicted molar refractivity (Wildman–Crippen MR) is 108 cm³/mol. The second-order valence-corrected chi connectivity index (χ2v) is 6.35. The molecule has 3 rings (SSSR count). The van der Waals surface area contributed by atoms with Crippen LogP contribution in [-0.2, 0) is 16.1 Å². The van der Waals surface area contributed by atoms with E-state index in [-0.39, 0.29) is 30.2 Å². The molecule has 0 saturated heterocycles. The highest BCUT2D eigenvalue weighted by Crippen LogP contribution is 2.24. The molecule has 0 atom stereocenters. The molecule has 0 N–H and O–H groups in total. The van der Waals surface area contributed by atoms with Crippen LogP contribution in [0.5, 0.6) is 5.75 Å². The van der Waals surface area contributed by atoms with Crippen molar-refractivity contribution in [3.8, 4) is 11.4 Å². The highest BCUT2D eigenvalue weighted by molar-refractivity contribution is 5.93. The fourth-order valence-electron chi connectivity index (χ4n) is 2.86. The Bertz CT molecular complexity index is 1160. The molecule has 11 heteroatoms. The van der Waals surface area contributed by atoms with Gasteiger partial charge in [-0.05, 0) is 42.8 Å². The van der Waals surface area contributed by atoms with Gasteiger partial charge in [-0.3, -0.25) is 10.1 Å². The zero-order chi connectivity index (χ0) is 23.3. The van der Waals surface area contributed by atoms with Crippen molar-refractivity contribution in [3.63, 3.8) is 0 Å². The summed E-state index contributed by atoms with van der Waals surface area (Å²) in [5, 5.41) is 15.1. The fourth-order valence-corrected chi connectivity index (χ4v) is 2.86. The first-order chi connectivity index (χ1) is 15.3. The Kier molecular flexibility index (Phi) is 6.78. The number of aromatic nitrogens is 2. The van der Waals surface area contributed by atoms with E-state index in [0.717, 1.165) is 16.9 Å². The van der Waals surface area contributed by atoms with Crippen molar-refractivity contribution in [1.82, 2.24) is 9.78 Å². The van der Waals surface area contributed by atoms with E-state index < -0.39 is 28.4 Å². The number of methoxy groups -OCH3 is 1. The van der Waals surface area contributed by atoms with Gasteiger partial charge >= 0.3 is 17.6 Å². The van der Waals surface area contributed by atoms with Crippen LogP contribution in [0.2, 0.25) is 0 Å². The molecule has 0 aliphatic rings. The van der Waals surface area contributed by atoms with Gasteiger partial charge in [-0.1, -0.05) is 12.1 Å². The van der Waals surface area contributed by atoms with Gasteiger partial charge in [0.15, 0.2) is 0 Å². The number of benzene rings is 2. The predicted octanol–water partition coefficient (Wildman–Crippen LogP) is 3.46. The maximum Gasteiger partial charge on any atom is 0.364 e. The average molecular weight is 443 g/mol. The molecule has 0 aliphatic carbocycles. The normalized spacial score (nSPS) is 10.5. The van der Waals surface area contributed by atoms with Gasteiger partial charge in [-0.2, -0.15) is 5.10 Å². The first-order valence-electron chi connectivity index (χ1n) is 9.35. The Morgan fingerprint density at radius 2 is 1.84 bits per heavy atom. The Balaban J connectivity index is 1.78. The molecule has 0 aliphatic heterocycles. The Morgan fingerprint density at radius 1 is 1.12 bits per heavy atom. The van der Waals surface area contributed by atoms with Crippen LogP contribution in [-0.4, -0.2) is 40.4 Å². The van der Waals surface area contributed by atoms with E-state index in [4.69, 9.17) is 14.2 Å². The van der Waals surface area contributed by atoms with Crippen LogP contribution >= 0.6 is 0 Å². The quantitative estimate of drug-likeness (QED) is 0.295. The van der Waals surface area contributed by atoms with E-state index in [1.807, 2.05) is 0 Å². The molecule has 10 nitrogen and oxygen atoms in total. The molecule has 2 aromatic carbocycles. The lowest BCUT2D eigenvalue weighted by Crippen LogP contribution is -2.14. The average Bonchev–Trinajstić information content (AvgIpc) is 3.23. The Morgan fingerprint density at radius 3 is 2.47 bits per heavy atom. The summed E-state index contributed by atoms with van der Waals surface area (Å²) in [6.45, 7) is 1.50. The van der Waals surface area contributed by atoms with Gasteiger partial charge in [0, 0.05) is 0 Å². The highest BCUT2D eigenvalue weighted by Gasteiger charge is 2.28. The van der Waals surface area contributed by atoms with E-state index in [9.17, 15) is 24.1 Å². The number of halogens is 1. The summed E-state index contributed by atoms with van der Waals surface area (Å²) in [6.07, 6.45) is 0.967. The minimum absolute atomic E-state index is 0.0432. The van der Waals surface area contributed by atoms with Gasteiger partial charge in [-0.25, -0.2) is 18.7 Å². The molecule has 0 saturated carbocycles. The molecule has 1 aromatic heterocycles. The van der Waals surface area contributed by atoms with E-state index in [0.29, 0.717) is 11.3 Å². The summed E-state index contributed by atoms with van der Waals surface area (Å²) in [5.41, 5.74) is 0.103. The zero-order valence-electron chi connectivity index (χ0n) is 17.1. The van der Waals surface area contributed by atoms with Crippen LogP contribution in [0.4, 0.5) is 10.1 Å². The van der Waals surface area contributed by atoms with E-state index >= 15 is 0 Å². The van der Waals surface area contributed by atoms with Crippen LogP contribution in [0.3, 0.4) is 0 Å². The van der Waals surface area contributed by atoms with Crippen molar-refractivity contribution < 1.29 is 33.1 Å². The van der Waals surface area contributed by atoms with E-state index in [1.54, 1.807) is 31.2 Å². The number of carbonyl (C=O) groups excluding carboxylic acids is 2. The Hall–Kier alpha value is -4.28. The number of ether oxygens (including phenoxy) is 3. The molecule has 1 heterocycles. The van der Waals surface area contributed by atoms with Crippen molar-refractivity contribution in [3.05, 3.63) is 81.4 Å². The monoisotopic (exact) mass is 443 g/mol. The first-order valence-corrected chi connectivity index (χ1v) is 9.35. The van der Waals surface area contributed by atoms with Crippen LogP contribution in [0.1, 0.15) is 33.3 Å². The third kappa shape index (κ3) is 4.72. The van der Waals surface area contributed by atoms with Crippen molar-refractivity contribution in [2.75, 3.05) is 13.7 Å². The summed E-state index contributed by atoms with van der Waals surface area (Å²) < 4.78 is 29.7. The van der Waals surface area contributed by atoms with Crippen LogP contribution in [0.25, 0.3) is 5.69 Å². The number of nitrogens with zero attached hydrogens (tertiary/aromatic N) is 3. The van der Waals surface area contributed by atoms with Crippen LogP contribution in [0, 0.1) is 15.9 Å². The second-order valence-electron chi connectivity index (χ2n) is 6.35. The van der Waals surface area contributed by atoms with Gasteiger partial charge in [0.1, 0.15) is 29.9 Å². The summed E-state index contributed by atoms with van der Waals surface area (Å²) in [7, 11) is 1.35. The molecule has 0 amide bonds. The van der Waals surface area contributed by atoms with Gasteiger partial charge in [-0.15, -0.1) is 0 Å². The SMILES string of the molecule is CCOC(=O)c1c([N+](=O)[O-])cnn1-c1ccc(COC(=O)c2cc(F)ccc2OC)cc1. The number of nitro groups is 1. The molecular formula is C21H18FN3O7. The summed E-state index contributed by atoms with van der Waals surface area (Å²) in [4.78, 5) is 35.0. The number of hydrogen-bond donors (Lipinski definition) is 0. The van der Waals surface area contributed by atoms with E-state index in [2.05, 4.69) is 5.10 Å². The minimum Gasteiger partial charge on any atom is -0.496 e. The smallest absolute Gasteiger partial charge is 0.364 e. The van der Waals surface area contributed by atoms with E-state index in [1.165, 1.54) is 19.2 Å². The van der Waals surface area contributed by atoms with Crippen molar-refractivity contribution in [1.29, 1.82) is 0 Å². The summed E-state index contributed by atoms with van der Waals surface area (Å²) in [6, 6.07) is 9.79. The van der Waals surface area contributed by atoms with Gasteiger partial charge in [0.25, 0.3) is 0 Å². The molecule has 166 valence electrons. The highest BCUT2D eigenvalue weighted by atomic mass is 19.1. The largest absolute Gasteiger partial charge is 0.496 e. The molecule has 0 bridgehead atoms. The topological polar surface area (TPSA) is 123 Å². The lowest BCUT2D eigenvalue weighted by molar-refractivity contribution is -0.385. The number of rotatable bonds is 8. The number of carbonyl (C=O) groups is 2. The minimum atomic E-state index is -0.876. The van der Waals surface area contributed by atoms with Crippen molar-refractivity contribution in [2.45, 2.75) is 13.5 Å². The maximum atomic E-state index is 13.5. The molecule has 0 spiro atoms. The first kappa shape index (κ1) is 22.4. The van der Waals surface area contributed by atoms with Crippen molar-refractivity contribution >= 4 is 17.6 Å². The standard InChI is InChI=1S/C21H18FN3O7/c1-3-31-21(27)19-17(25(28)29)11-23-24(19)15-7-4-13(5-8-15)12-32-20(26)16-10-14(22)6-9-18(16)30-2/h4-11H,3,12H2,1-2H3. The molecule has 0 unspecified atom stereocenters. The number of hydrogen-bond acceptors (Lipinski definition) is 8. The second kappa shape index (κ2) is 9.69. The lowest BCUT2D eigenvalue weighted by Gasteiger charge is -2.10. The molecule has 0 radical (unpaired) electrons. The Labute approximate surface area is 181 Å². The fraction of sp³-hybridized carbons (Fsp3) is 0.190. The molecule has 0 fully saturated rings. The van der Waals surface area contributed by atoms with Crippen molar-refractivity contribution in [2.24, 2.45) is 0 Å². The summed E-state index contributed by atoms with van der Waals surface area (Å²) in [5.74, 6) is -2.07. The lowest BCUT2D eigenvalue weighted by atomic mass is 10.2. The van der Waals surface area contributed by atoms with Gasteiger partial charge in [0.05, 0.1) is 24.3 Å². The molecule has 32 heavy (non-hydrogen) atoms. The van der Waals surface area contributed by atoms with Gasteiger partial charge in [0.2, 0.25) is 5.69 Å². The number of esters is 2. The zero-order valence-corrected chi connectivity index (χ0v) is 17.1. The third-order valence-electron chi connectivity index (χ3n) is 4.35. The van der Waals surface area contributed by atoms with Crippen LogP contribution in [0.15, 0.2) is 48.7 Å². The maximum absolute atomic E-state index is 13.5. The third-order valence-corrected chi connectivity index (χ3v) is 4.35. The van der Waals surface area contributed by atoms with Gasteiger partial charge < -0.3 is 14.2 Å². The summed E-state index contributed by atoms with van der Waals surface area (Å²) >= 11 is 0. The molecule has 3 aromatic rings.